The number of benzene rings is 1. The molecule has 0 heterocycles. The second-order valence-corrected chi connectivity index (χ2v) is 5.36. The van der Waals surface area contributed by atoms with Crippen LogP contribution in [0.1, 0.15) is 59.3 Å². The van der Waals surface area contributed by atoms with Crippen molar-refractivity contribution in [2.45, 2.75) is 65.6 Å². The van der Waals surface area contributed by atoms with Gasteiger partial charge in [0.1, 0.15) is 5.75 Å². The van der Waals surface area contributed by atoms with E-state index in [9.17, 15) is 0 Å². The van der Waals surface area contributed by atoms with Crippen molar-refractivity contribution < 1.29 is 56.9 Å². The first-order chi connectivity index (χ1) is 10.1. The van der Waals surface area contributed by atoms with E-state index in [2.05, 4.69) is 13.8 Å². The predicted molar refractivity (Wildman–Crippen MR) is 88.4 cm³/mol. The molecule has 0 aromatic heterocycles. The number of hydrogen-bond donors (Lipinski definition) is 2. The molecule has 5 heteroatoms. The Kier molecular flexibility index (Phi) is 24.7. The van der Waals surface area contributed by atoms with Crippen molar-refractivity contribution in [2.24, 2.45) is 5.92 Å². The summed E-state index contributed by atoms with van der Waals surface area (Å²) in [6.45, 7) is 6.36. The molecule has 23 heavy (non-hydrogen) atoms. The fourth-order valence-electron chi connectivity index (χ4n) is 2.11. The zero-order chi connectivity index (χ0) is 15.9. The van der Waals surface area contributed by atoms with Crippen molar-refractivity contribution in [1.29, 1.82) is 0 Å². The number of para-hydroxylation sites is 1. The van der Waals surface area contributed by atoms with E-state index in [0.29, 0.717) is 18.3 Å². The monoisotopic (exact) mass is 354 g/mol. The summed E-state index contributed by atoms with van der Waals surface area (Å²) >= 11 is 0. The molecule has 0 amide bonds. The number of rotatable bonds is 9. The van der Waals surface area contributed by atoms with Crippen LogP contribution in [-0.4, -0.2) is 23.1 Å². The van der Waals surface area contributed by atoms with Crippen LogP contribution in [0.25, 0.3) is 0 Å². The van der Waals surface area contributed by atoms with Crippen LogP contribution in [0.4, 0.5) is 0 Å². The third-order valence-electron chi connectivity index (χ3n) is 3.22. The normalized spacial score (nSPS) is 11.9. The van der Waals surface area contributed by atoms with Gasteiger partial charge in [0, 0.05) is 6.61 Å². The van der Waals surface area contributed by atoms with Crippen LogP contribution in [0.2, 0.25) is 0 Å². The zero-order valence-corrected chi connectivity index (χ0v) is 17.9. The van der Waals surface area contributed by atoms with Gasteiger partial charge in [-0.2, -0.15) is 0 Å². The summed E-state index contributed by atoms with van der Waals surface area (Å²) < 4.78 is 4.97. The van der Waals surface area contributed by atoms with Gasteiger partial charge in [-0.25, -0.2) is 0 Å². The minimum Gasteiger partial charge on any atom is -1.00 e. The maximum Gasteiger partial charge on any atom is 1.00 e. The van der Waals surface area contributed by atoms with Crippen LogP contribution in [0.15, 0.2) is 30.3 Å². The molecule has 1 rings (SSSR count). The van der Waals surface area contributed by atoms with Gasteiger partial charge in [-0.3, -0.25) is 0 Å². The van der Waals surface area contributed by atoms with Crippen LogP contribution in [-0.2, 0) is 0 Å². The van der Waals surface area contributed by atoms with Crippen LogP contribution >= 0.6 is 0 Å². The minimum atomic E-state index is -0.734. The van der Waals surface area contributed by atoms with E-state index in [4.69, 9.17) is 14.9 Å². The summed E-state index contributed by atoms with van der Waals surface area (Å²) in [6.07, 6.45) is 6.78. The van der Waals surface area contributed by atoms with E-state index in [-0.39, 0.29) is 42.0 Å². The summed E-state index contributed by atoms with van der Waals surface area (Å²) in [7, 11) is 0. The third-order valence-corrected chi connectivity index (χ3v) is 3.22. The van der Waals surface area contributed by atoms with Gasteiger partial charge in [0.25, 0.3) is 0 Å². The summed E-state index contributed by atoms with van der Waals surface area (Å²) in [6, 6.07) is 9.21. The largest absolute Gasteiger partial charge is 1.00 e. The fraction of sp³-hybridized carbons (Fsp3) is 0.667. The van der Waals surface area contributed by atoms with E-state index < -0.39 is 6.29 Å². The predicted octanol–water partition coefficient (Wildman–Crippen LogP) is -1.61. The van der Waals surface area contributed by atoms with E-state index in [1.165, 1.54) is 38.5 Å². The number of unbranched alkanes of at least 4 members (excludes halogenated alkanes) is 2. The Balaban J connectivity index is -0.000000321. The van der Waals surface area contributed by atoms with Crippen molar-refractivity contribution in [3.63, 3.8) is 0 Å². The van der Waals surface area contributed by atoms with Gasteiger partial charge in [0.2, 0.25) is 0 Å². The molecule has 1 aromatic carbocycles. The first kappa shape index (κ1) is 28.1. The molecule has 1 aromatic rings. The first-order valence-corrected chi connectivity index (χ1v) is 8.14. The maximum atomic E-state index is 8.96. The molecule has 2 atom stereocenters. The SMILES string of the molecule is CC(O)Oc1ccccc1.CCCCCC(CO)CCC.[Cl-].[Na+]. The molecule has 0 saturated carbocycles. The Bertz CT molecular complexity index is 323. The summed E-state index contributed by atoms with van der Waals surface area (Å²) in [4.78, 5) is 0. The molecule has 0 saturated heterocycles. The molecule has 0 fully saturated rings. The van der Waals surface area contributed by atoms with Gasteiger partial charge in [-0.05, 0) is 37.8 Å². The molecule has 0 spiro atoms. The Morgan fingerprint density at radius 1 is 1.00 bits per heavy atom. The van der Waals surface area contributed by atoms with Gasteiger partial charge in [-0.1, -0.05) is 57.7 Å². The molecule has 0 aliphatic heterocycles. The van der Waals surface area contributed by atoms with E-state index in [0.717, 1.165) is 0 Å². The number of hydrogen-bond acceptors (Lipinski definition) is 3. The van der Waals surface area contributed by atoms with Crippen molar-refractivity contribution >= 4 is 0 Å². The number of ether oxygens (including phenoxy) is 1. The molecular formula is C18H32ClNaO3. The average Bonchev–Trinajstić information content (AvgIpc) is 2.47. The second kappa shape index (κ2) is 20.3. The smallest absolute Gasteiger partial charge is 1.00 e. The first-order valence-electron chi connectivity index (χ1n) is 8.14. The average molecular weight is 355 g/mol. The fourth-order valence-corrected chi connectivity index (χ4v) is 2.11. The van der Waals surface area contributed by atoms with Crippen molar-refractivity contribution in [2.75, 3.05) is 6.61 Å². The molecule has 0 aliphatic rings. The van der Waals surface area contributed by atoms with Gasteiger partial charge in [0.15, 0.2) is 6.29 Å². The van der Waals surface area contributed by atoms with Gasteiger partial charge in [-0.15, -0.1) is 0 Å². The van der Waals surface area contributed by atoms with Crippen LogP contribution in [0.5, 0.6) is 5.75 Å². The summed E-state index contributed by atoms with van der Waals surface area (Å²) in [5.74, 6) is 1.27. The maximum absolute atomic E-state index is 8.96. The Morgan fingerprint density at radius 3 is 2.04 bits per heavy atom. The van der Waals surface area contributed by atoms with Gasteiger partial charge >= 0.3 is 29.6 Å². The van der Waals surface area contributed by atoms with Crippen molar-refractivity contribution in [3.8, 4) is 5.75 Å². The zero-order valence-electron chi connectivity index (χ0n) is 15.2. The molecule has 0 radical (unpaired) electrons. The Hall–Kier alpha value is 0.230. The van der Waals surface area contributed by atoms with E-state index in [1.54, 1.807) is 19.1 Å². The standard InChI is InChI=1S/C10H22O.C8H10O2.ClH.Na/c1-3-5-6-8-10(9-11)7-4-2;1-7(9)10-8-5-3-2-4-6-8;;/h10-11H,3-9H2,1-2H3;2-7,9H,1H3;1H;/q;;;+1/p-1. The van der Waals surface area contributed by atoms with E-state index >= 15 is 0 Å². The van der Waals surface area contributed by atoms with Crippen LogP contribution in [0.3, 0.4) is 0 Å². The molecule has 0 bridgehead atoms. The molecule has 2 N–H and O–H groups in total. The number of aliphatic hydroxyl groups excluding tert-OH is 2. The summed E-state index contributed by atoms with van der Waals surface area (Å²) in [5, 5.41) is 17.7. The minimum absolute atomic E-state index is 0. The van der Waals surface area contributed by atoms with Crippen molar-refractivity contribution in [1.82, 2.24) is 0 Å². The molecule has 0 aliphatic carbocycles. The Morgan fingerprint density at radius 2 is 1.61 bits per heavy atom. The molecule has 130 valence electrons. The van der Waals surface area contributed by atoms with Crippen molar-refractivity contribution in [3.05, 3.63) is 30.3 Å². The topological polar surface area (TPSA) is 49.7 Å². The van der Waals surface area contributed by atoms with Crippen LogP contribution < -0.4 is 46.7 Å². The summed E-state index contributed by atoms with van der Waals surface area (Å²) in [5.41, 5.74) is 0. The molecular weight excluding hydrogens is 323 g/mol. The second-order valence-electron chi connectivity index (χ2n) is 5.36. The molecule has 3 nitrogen and oxygen atoms in total. The number of aliphatic hydroxyl groups is 2. The quantitative estimate of drug-likeness (QED) is 0.319. The molecule has 2 unspecified atom stereocenters. The third kappa shape index (κ3) is 18.4. The van der Waals surface area contributed by atoms with Gasteiger partial charge < -0.3 is 27.4 Å². The number of halogens is 1. The Labute approximate surface area is 170 Å². The van der Waals surface area contributed by atoms with Crippen LogP contribution in [0, 0.1) is 5.92 Å². The van der Waals surface area contributed by atoms with E-state index in [1.807, 2.05) is 18.2 Å². The van der Waals surface area contributed by atoms with Gasteiger partial charge in [0.05, 0.1) is 0 Å².